The predicted molar refractivity (Wildman–Crippen MR) is 212 cm³/mol. The minimum atomic E-state index is -1.26. The molecule has 1 amide bonds. The fourth-order valence-corrected chi connectivity index (χ4v) is 8.51. The first kappa shape index (κ1) is 39.4. The van der Waals surface area contributed by atoms with E-state index in [4.69, 9.17) is 29.3 Å². The van der Waals surface area contributed by atoms with E-state index in [9.17, 15) is 4.79 Å². The van der Waals surface area contributed by atoms with Gasteiger partial charge in [0.2, 0.25) is 0 Å². The molecule has 51 heavy (non-hydrogen) atoms. The maximum atomic E-state index is 13.3. The molecule has 0 spiro atoms. The number of amides is 1. The van der Waals surface area contributed by atoms with Gasteiger partial charge in [0.1, 0.15) is 24.9 Å². The highest BCUT2D eigenvalue weighted by Crippen LogP contribution is 2.44. The van der Waals surface area contributed by atoms with Crippen molar-refractivity contribution in [2.45, 2.75) is 148 Å². The maximum Gasteiger partial charge on any atom is 0.410 e. The Kier molecular flexibility index (Phi) is 12.7. The molecule has 2 aliphatic rings. The van der Waals surface area contributed by atoms with E-state index in [1.807, 2.05) is 42.6 Å². The Morgan fingerprint density at radius 2 is 1.57 bits per heavy atom. The number of hydrogen-bond acceptors (Lipinski definition) is 8. The van der Waals surface area contributed by atoms with Crippen LogP contribution in [0.25, 0.3) is 16.8 Å². The largest absolute Gasteiger partial charge is 0.444 e. The van der Waals surface area contributed by atoms with Gasteiger partial charge < -0.3 is 24.0 Å². The van der Waals surface area contributed by atoms with Crippen molar-refractivity contribution in [1.82, 2.24) is 24.5 Å². The molecule has 12 heteroatoms. The number of fused-ring (bicyclic) bond motifs is 3. The quantitative estimate of drug-likeness (QED) is 0.0817. The number of pyridine rings is 1. The van der Waals surface area contributed by atoms with Crippen LogP contribution in [0.3, 0.4) is 0 Å². The lowest BCUT2D eigenvalue weighted by Gasteiger charge is -2.39. The molecule has 2 unspecified atom stereocenters. The molecule has 2 fully saturated rings. The molecule has 0 aliphatic carbocycles. The minimum absolute atomic E-state index is 0.139. The van der Waals surface area contributed by atoms with Crippen molar-refractivity contribution < 1.29 is 19.0 Å². The molecule has 2 bridgehead atoms. The highest BCUT2D eigenvalue weighted by molar-refractivity contribution is 6.76. The summed E-state index contributed by atoms with van der Waals surface area (Å²) < 4.78 is 20.6. The fourth-order valence-electron chi connectivity index (χ4n) is 7.00. The summed E-state index contributed by atoms with van der Waals surface area (Å²) in [6.45, 7) is 24.5. The summed E-state index contributed by atoms with van der Waals surface area (Å²) in [6.07, 6.45) is 10.6. The summed E-state index contributed by atoms with van der Waals surface area (Å²) in [6, 6.07) is 8.96. The van der Waals surface area contributed by atoms with Crippen LogP contribution < -0.4 is 4.90 Å². The van der Waals surface area contributed by atoms with Crippen molar-refractivity contribution in [3.8, 4) is 11.1 Å². The molecule has 5 rings (SSSR count). The molecule has 10 nitrogen and oxygen atoms in total. The maximum absolute atomic E-state index is 13.3. The number of aryl methyl sites for hydroxylation is 1. The van der Waals surface area contributed by atoms with E-state index in [1.165, 1.54) is 0 Å². The van der Waals surface area contributed by atoms with Crippen molar-refractivity contribution in [2.24, 2.45) is 0 Å². The van der Waals surface area contributed by atoms with Crippen molar-refractivity contribution in [3.05, 3.63) is 42.0 Å². The highest BCUT2D eigenvalue weighted by atomic mass is 28.3. The molecule has 3 aromatic rings. The number of rotatable bonds is 16. The van der Waals surface area contributed by atoms with Crippen LogP contribution in [-0.4, -0.2) is 91.1 Å². The van der Waals surface area contributed by atoms with Gasteiger partial charge in [0.25, 0.3) is 0 Å². The molecule has 0 aromatic carbocycles. The third kappa shape index (κ3) is 10.9. The number of unbranched alkanes of at least 4 members (excludes halogenated alkanes) is 1. The second-order valence-corrected chi connectivity index (χ2v) is 29.4. The summed E-state index contributed by atoms with van der Waals surface area (Å²) in [5.41, 5.74) is 4.39. The standard InChI is InChI=1S/C39H64N6O4Si2/c1-11-12-13-31-15-14-29(25-40-31)34-26-41-45-36(43(27-47-18-20-50(5,6)7)28-48-19-21-51(8,9)10)24-35(42-37(34)45)30-22-32-16-17-33(23-30)44(32)38(46)49-39(2,3)4/h14-15,24-26,30,32-33H,11-13,16-23,27-28H2,1-10H3. The molecule has 0 radical (unpaired) electrons. The SMILES string of the molecule is CCCCc1ccc(-c2cnn3c(N(COCC[Si](C)(C)C)COCC[Si](C)(C)C)cc(C4CC5CCC(C4)N5C(=O)OC(C)(C)C)nc23)cn1. The average molecular weight is 737 g/mol. The lowest BCUT2D eigenvalue weighted by Crippen LogP contribution is -2.48. The number of carbonyl (C=O) groups is 1. The van der Waals surface area contributed by atoms with Crippen molar-refractivity contribution in [3.63, 3.8) is 0 Å². The van der Waals surface area contributed by atoms with E-state index in [2.05, 4.69) is 69.3 Å². The second-order valence-electron chi connectivity index (χ2n) is 18.2. The molecule has 282 valence electrons. The highest BCUT2D eigenvalue weighted by Gasteiger charge is 2.45. The van der Waals surface area contributed by atoms with E-state index < -0.39 is 21.7 Å². The van der Waals surface area contributed by atoms with Gasteiger partial charge in [-0.05, 0) is 77.5 Å². The van der Waals surface area contributed by atoms with Gasteiger partial charge in [0, 0.05) is 82.1 Å². The van der Waals surface area contributed by atoms with Crippen LogP contribution in [0.1, 0.15) is 83.5 Å². The third-order valence-electron chi connectivity index (χ3n) is 9.96. The van der Waals surface area contributed by atoms with Crippen LogP contribution in [-0.2, 0) is 20.6 Å². The van der Waals surface area contributed by atoms with Gasteiger partial charge in [-0.2, -0.15) is 9.61 Å². The van der Waals surface area contributed by atoms with E-state index >= 15 is 0 Å². The lowest BCUT2D eigenvalue weighted by atomic mass is 9.88. The van der Waals surface area contributed by atoms with Gasteiger partial charge in [0.15, 0.2) is 5.65 Å². The number of nitrogens with zero attached hydrogens (tertiary/aromatic N) is 6. The summed E-state index contributed by atoms with van der Waals surface area (Å²) in [7, 11) is -2.51. The van der Waals surface area contributed by atoms with Crippen LogP contribution in [0.4, 0.5) is 10.6 Å². The molecule has 0 N–H and O–H groups in total. The van der Waals surface area contributed by atoms with E-state index in [0.717, 1.165) is 104 Å². The zero-order valence-electron chi connectivity index (χ0n) is 33.1. The normalized spacial score (nSPS) is 19.6. The number of piperidine rings is 1. The van der Waals surface area contributed by atoms with Crippen LogP contribution in [0.2, 0.25) is 51.4 Å². The molecule has 0 saturated carbocycles. The first-order chi connectivity index (χ1) is 24.0. The Labute approximate surface area is 308 Å². The predicted octanol–water partition coefficient (Wildman–Crippen LogP) is 9.21. The van der Waals surface area contributed by atoms with E-state index in [-0.39, 0.29) is 24.1 Å². The second kappa shape index (κ2) is 16.5. The number of aromatic nitrogens is 4. The average Bonchev–Trinajstić information content (AvgIpc) is 3.59. The Balaban J connectivity index is 1.51. The molecule has 3 aromatic heterocycles. The molecule has 2 aliphatic heterocycles. The van der Waals surface area contributed by atoms with Crippen molar-refractivity contribution >= 4 is 33.7 Å². The van der Waals surface area contributed by atoms with Crippen LogP contribution >= 0.6 is 0 Å². The van der Waals surface area contributed by atoms with Gasteiger partial charge >= 0.3 is 6.09 Å². The summed E-state index contributed by atoms with van der Waals surface area (Å²) >= 11 is 0. The summed E-state index contributed by atoms with van der Waals surface area (Å²) in [4.78, 5) is 27.7. The first-order valence-electron chi connectivity index (χ1n) is 19.3. The molecule has 5 heterocycles. The number of ether oxygens (including phenoxy) is 3. The topological polar surface area (TPSA) is 94.3 Å². The van der Waals surface area contributed by atoms with E-state index in [1.54, 1.807) is 0 Å². The lowest BCUT2D eigenvalue weighted by molar-refractivity contribution is 0.00569. The molecular formula is C39H64N6O4Si2. The van der Waals surface area contributed by atoms with Gasteiger partial charge in [-0.3, -0.25) is 4.98 Å². The molecular weight excluding hydrogens is 673 g/mol. The minimum Gasteiger partial charge on any atom is -0.444 e. The van der Waals surface area contributed by atoms with E-state index in [0.29, 0.717) is 13.5 Å². The van der Waals surface area contributed by atoms with Crippen LogP contribution in [0.15, 0.2) is 30.6 Å². The Morgan fingerprint density at radius 1 is 0.941 bits per heavy atom. The Morgan fingerprint density at radius 3 is 2.10 bits per heavy atom. The molecule has 2 saturated heterocycles. The zero-order chi connectivity index (χ0) is 37.0. The van der Waals surface area contributed by atoms with Crippen molar-refractivity contribution in [2.75, 3.05) is 31.6 Å². The monoisotopic (exact) mass is 736 g/mol. The van der Waals surface area contributed by atoms with Gasteiger partial charge in [-0.25, -0.2) is 9.78 Å². The summed E-state index contributed by atoms with van der Waals surface area (Å²) in [5, 5.41) is 4.94. The smallest absolute Gasteiger partial charge is 0.410 e. The van der Waals surface area contributed by atoms with Crippen molar-refractivity contribution in [1.29, 1.82) is 0 Å². The number of hydrogen-bond donors (Lipinski definition) is 0. The number of carbonyl (C=O) groups excluding carboxylic acids is 1. The zero-order valence-corrected chi connectivity index (χ0v) is 35.1. The first-order valence-corrected chi connectivity index (χ1v) is 26.7. The van der Waals surface area contributed by atoms with Gasteiger partial charge in [-0.15, -0.1) is 0 Å². The fraction of sp³-hybridized carbons (Fsp3) is 0.692. The van der Waals surface area contributed by atoms with Crippen LogP contribution in [0.5, 0.6) is 0 Å². The molecule has 2 atom stereocenters. The Bertz CT molecular complexity index is 1560. The van der Waals surface area contributed by atoms with Gasteiger partial charge in [-0.1, -0.05) is 58.7 Å². The van der Waals surface area contributed by atoms with Gasteiger partial charge in [0.05, 0.1) is 6.20 Å². The Hall–Kier alpha value is -2.81. The van der Waals surface area contributed by atoms with Crippen LogP contribution in [0, 0.1) is 0 Å². The third-order valence-corrected chi connectivity index (χ3v) is 13.4. The number of anilines is 1. The summed E-state index contributed by atoms with van der Waals surface area (Å²) in [5.74, 6) is 1.11.